The second-order valence-corrected chi connectivity index (χ2v) is 11.2. The number of hydrogen-bond donors (Lipinski definition) is 0. The highest BCUT2D eigenvalue weighted by atomic mass is 19.4. The summed E-state index contributed by atoms with van der Waals surface area (Å²) >= 11 is 0. The smallest absolute Gasteiger partial charge is 0.416 e. The lowest BCUT2D eigenvalue weighted by Crippen LogP contribution is -2.45. The molecule has 1 atom stereocenters. The molecular formula is C30H31F6N5O2. The van der Waals surface area contributed by atoms with Crippen LogP contribution in [0.5, 0.6) is 5.88 Å². The molecule has 0 saturated carbocycles. The van der Waals surface area contributed by atoms with Crippen LogP contribution in [0.4, 0.5) is 32.3 Å². The van der Waals surface area contributed by atoms with Gasteiger partial charge in [0.2, 0.25) is 11.8 Å². The number of nitrogens with zero attached hydrogens (tertiary/aromatic N) is 5. The van der Waals surface area contributed by atoms with E-state index < -0.39 is 35.9 Å². The number of benzene rings is 2. The van der Waals surface area contributed by atoms with Crippen molar-refractivity contribution in [3.63, 3.8) is 0 Å². The Morgan fingerprint density at radius 3 is 2.16 bits per heavy atom. The molecule has 3 heterocycles. The van der Waals surface area contributed by atoms with E-state index in [1.165, 1.54) is 4.90 Å². The number of fused-ring (bicyclic) bond motifs is 1. The number of carbonyl (C=O) groups is 1. The molecule has 0 N–H and O–H groups in total. The number of amides is 1. The lowest BCUT2D eigenvalue weighted by Gasteiger charge is -2.34. The number of carbonyl (C=O) groups excluding carboxylic acids is 1. The molecule has 0 radical (unpaired) electrons. The Balaban J connectivity index is 1.62. The predicted octanol–water partition coefficient (Wildman–Crippen LogP) is 5.91. The van der Waals surface area contributed by atoms with Crippen LogP contribution in [0.25, 0.3) is 11.3 Å². The van der Waals surface area contributed by atoms with E-state index in [0.717, 1.165) is 18.7 Å². The van der Waals surface area contributed by atoms with Gasteiger partial charge in [-0.1, -0.05) is 31.2 Å². The van der Waals surface area contributed by atoms with Gasteiger partial charge in [-0.15, -0.1) is 0 Å². The Morgan fingerprint density at radius 2 is 1.56 bits per heavy atom. The number of likely N-dealkylation sites (N-methyl/N-ethyl adjacent to an activating group) is 1. The Labute approximate surface area is 245 Å². The molecule has 0 bridgehead atoms. The summed E-state index contributed by atoms with van der Waals surface area (Å²) in [6, 6.07) is 8.67. The molecule has 43 heavy (non-hydrogen) atoms. The monoisotopic (exact) mass is 607 g/mol. The summed E-state index contributed by atoms with van der Waals surface area (Å²) in [5, 5.41) is 0. The Bertz CT molecular complexity index is 1470. The first-order chi connectivity index (χ1) is 20.2. The number of ether oxygens (including phenoxy) is 1. The van der Waals surface area contributed by atoms with Crippen molar-refractivity contribution in [2.45, 2.75) is 32.7 Å². The van der Waals surface area contributed by atoms with Crippen molar-refractivity contribution >= 4 is 11.9 Å². The fraction of sp³-hybridized carbons (Fsp3) is 0.433. The second-order valence-electron chi connectivity index (χ2n) is 11.2. The number of alkyl halides is 6. The van der Waals surface area contributed by atoms with Crippen molar-refractivity contribution in [2.75, 3.05) is 51.3 Å². The van der Waals surface area contributed by atoms with Gasteiger partial charge in [0.05, 0.1) is 23.4 Å². The van der Waals surface area contributed by atoms with Crippen LogP contribution in [0.15, 0.2) is 42.5 Å². The normalized spacial score (nSPS) is 18.6. The molecule has 1 aromatic heterocycles. The summed E-state index contributed by atoms with van der Waals surface area (Å²) in [4.78, 5) is 29.1. The molecule has 13 heteroatoms. The third kappa shape index (κ3) is 6.71. The van der Waals surface area contributed by atoms with Crippen molar-refractivity contribution in [3.05, 3.63) is 70.3 Å². The highest BCUT2D eigenvalue weighted by molar-refractivity contribution is 6.02. The predicted molar refractivity (Wildman–Crippen MR) is 148 cm³/mol. The summed E-state index contributed by atoms with van der Waals surface area (Å²) in [6.07, 6.45) is -10.0. The van der Waals surface area contributed by atoms with E-state index in [1.807, 2.05) is 31.0 Å². The van der Waals surface area contributed by atoms with Gasteiger partial charge in [0, 0.05) is 50.7 Å². The number of piperazine rings is 1. The quantitative estimate of drug-likeness (QED) is 0.344. The number of rotatable bonds is 4. The minimum Gasteiger partial charge on any atom is -0.477 e. The summed E-state index contributed by atoms with van der Waals surface area (Å²) in [6.45, 7) is 6.17. The molecule has 2 aliphatic rings. The van der Waals surface area contributed by atoms with Crippen molar-refractivity contribution in [1.82, 2.24) is 19.8 Å². The molecule has 2 aromatic carbocycles. The van der Waals surface area contributed by atoms with Crippen molar-refractivity contribution in [2.24, 2.45) is 5.92 Å². The second kappa shape index (κ2) is 11.7. The maximum atomic E-state index is 14.2. The van der Waals surface area contributed by atoms with Crippen LogP contribution in [0.3, 0.4) is 0 Å². The number of aryl methyl sites for hydroxylation is 1. The number of hydrogen-bond acceptors (Lipinski definition) is 6. The van der Waals surface area contributed by atoms with Crippen LogP contribution >= 0.6 is 0 Å². The van der Waals surface area contributed by atoms with Gasteiger partial charge >= 0.3 is 12.4 Å². The molecule has 0 aliphatic carbocycles. The lowest BCUT2D eigenvalue weighted by molar-refractivity contribution is -0.143. The van der Waals surface area contributed by atoms with Gasteiger partial charge in [-0.2, -0.15) is 31.3 Å². The summed E-state index contributed by atoms with van der Waals surface area (Å²) in [5.74, 6) is -0.529. The number of anilines is 1. The van der Waals surface area contributed by atoms with Crippen LogP contribution in [0.2, 0.25) is 0 Å². The van der Waals surface area contributed by atoms with Crippen LogP contribution in [-0.2, 0) is 18.9 Å². The summed E-state index contributed by atoms with van der Waals surface area (Å²) < 4.78 is 87.5. The van der Waals surface area contributed by atoms with E-state index in [-0.39, 0.29) is 42.1 Å². The molecule has 3 aromatic rings. The van der Waals surface area contributed by atoms with Gasteiger partial charge < -0.3 is 19.4 Å². The minimum absolute atomic E-state index is 0.0158. The molecule has 230 valence electrons. The van der Waals surface area contributed by atoms with E-state index in [1.54, 1.807) is 19.1 Å². The van der Waals surface area contributed by atoms with Gasteiger partial charge in [-0.25, -0.2) is 4.98 Å². The zero-order valence-electron chi connectivity index (χ0n) is 23.9. The van der Waals surface area contributed by atoms with Crippen LogP contribution in [0.1, 0.15) is 39.5 Å². The third-order valence-electron chi connectivity index (χ3n) is 7.61. The van der Waals surface area contributed by atoms with Crippen LogP contribution in [0, 0.1) is 12.8 Å². The van der Waals surface area contributed by atoms with Gasteiger partial charge in [0.15, 0.2) is 0 Å². The topological polar surface area (TPSA) is 61.8 Å². The Hall–Kier alpha value is -3.87. The van der Waals surface area contributed by atoms with E-state index in [0.29, 0.717) is 42.4 Å². The van der Waals surface area contributed by atoms with Gasteiger partial charge in [-0.3, -0.25) is 4.79 Å². The Morgan fingerprint density at radius 1 is 0.930 bits per heavy atom. The van der Waals surface area contributed by atoms with E-state index >= 15 is 0 Å². The summed E-state index contributed by atoms with van der Waals surface area (Å²) in [5.41, 5.74) is -1.40. The van der Waals surface area contributed by atoms with Gasteiger partial charge in [0.1, 0.15) is 5.56 Å². The average Bonchev–Trinajstić information content (AvgIpc) is 2.94. The van der Waals surface area contributed by atoms with E-state index in [9.17, 15) is 31.1 Å². The van der Waals surface area contributed by atoms with Crippen molar-refractivity contribution < 1.29 is 35.9 Å². The average molecular weight is 608 g/mol. The third-order valence-corrected chi connectivity index (χ3v) is 7.61. The number of halogens is 6. The van der Waals surface area contributed by atoms with Crippen molar-refractivity contribution in [3.8, 4) is 17.1 Å². The molecule has 7 nitrogen and oxygen atoms in total. The fourth-order valence-electron chi connectivity index (χ4n) is 5.27. The standard InChI is InChI=1S/C30H31F6N5O2/c1-18-15-41(16-20-12-21(29(31,32)33)14-22(13-20)30(34,35)36)27(42)24-25(23-7-5-4-6-19(23)2)37-28(38-26(24)43-17-18)40-10-8-39(3)9-11-40/h4-7,12-14,18H,8-11,15-17H2,1-3H3/t18-/m1/s1. The SMILES string of the molecule is Cc1ccccc1-c1nc(N2CCN(C)CC2)nc2c1C(=O)N(Cc1cc(C(F)(F)F)cc(C(F)(F)F)c1)C[C@@H](C)CO2. The molecule has 5 rings (SSSR count). The van der Waals surface area contributed by atoms with Gasteiger partial charge in [-0.05, 0) is 43.3 Å². The first kappa shape index (κ1) is 30.6. The molecule has 1 amide bonds. The molecule has 1 fully saturated rings. The van der Waals surface area contributed by atoms with Crippen molar-refractivity contribution in [1.29, 1.82) is 0 Å². The maximum Gasteiger partial charge on any atom is 0.416 e. The molecule has 1 saturated heterocycles. The summed E-state index contributed by atoms with van der Waals surface area (Å²) in [7, 11) is 2.01. The fourth-order valence-corrected chi connectivity index (χ4v) is 5.27. The lowest BCUT2D eigenvalue weighted by atomic mass is 9.99. The van der Waals surface area contributed by atoms with E-state index in [2.05, 4.69) is 9.88 Å². The zero-order chi connectivity index (χ0) is 31.1. The van der Waals surface area contributed by atoms with Gasteiger partial charge in [0.25, 0.3) is 5.91 Å². The highest BCUT2D eigenvalue weighted by Crippen LogP contribution is 2.38. The Kier molecular flexibility index (Phi) is 8.30. The molecule has 2 aliphatic heterocycles. The maximum absolute atomic E-state index is 14.2. The minimum atomic E-state index is -5.00. The zero-order valence-corrected chi connectivity index (χ0v) is 23.9. The van der Waals surface area contributed by atoms with Crippen LogP contribution < -0.4 is 9.64 Å². The first-order valence-electron chi connectivity index (χ1n) is 13.8. The highest BCUT2D eigenvalue weighted by Gasteiger charge is 2.38. The number of aromatic nitrogens is 2. The molecule has 0 spiro atoms. The first-order valence-corrected chi connectivity index (χ1v) is 13.8. The van der Waals surface area contributed by atoms with Crippen LogP contribution in [-0.4, -0.2) is 72.1 Å². The molecule has 0 unspecified atom stereocenters. The largest absolute Gasteiger partial charge is 0.477 e. The van der Waals surface area contributed by atoms with E-state index in [4.69, 9.17) is 9.72 Å². The molecular weight excluding hydrogens is 576 g/mol.